The lowest BCUT2D eigenvalue weighted by Gasteiger charge is -2.08. The van der Waals surface area contributed by atoms with Crippen molar-refractivity contribution in [2.45, 2.75) is 38.5 Å². The summed E-state index contributed by atoms with van der Waals surface area (Å²) in [6.45, 7) is 4.84. The number of halogens is 1. The van der Waals surface area contributed by atoms with Crippen molar-refractivity contribution in [3.63, 3.8) is 0 Å². The number of rotatable bonds is 6. The van der Waals surface area contributed by atoms with Crippen LogP contribution in [0.2, 0.25) is 0 Å². The van der Waals surface area contributed by atoms with Gasteiger partial charge >= 0.3 is 0 Å². The predicted octanol–water partition coefficient (Wildman–Crippen LogP) is 4.04. The predicted molar refractivity (Wildman–Crippen MR) is 65.9 cm³/mol. The van der Waals surface area contributed by atoms with Crippen LogP contribution in [0.25, 0.3) is 0 Å². The number of alkyl halides is 1. The smallest absolute Gasteiger partial charge is 0.119 e. The first-order chi connectivity index (χ1) is 7.26. The van der Waals surface area contributed by atoms with Crippen LogP contribution in [0.3, 0.4) is 0 Å². The maximum absolute atomic E-state index is 6.08. The Labute approximate surface area is 97.4 Å². The Morgan fingerprint density at radius 1 is 1.33 bits per heavy atom. The van der Waals surface area contributed by atoms with Gasteiger partial charge in [-0.1, -0.05) is 19.1 Å². The van der Waals surface area contributed by atoms with Crippen LogP contribution >= 0.6 is 11.6 Å². The minimum Gasteiger partial charge on any atom is -0.494 e. The van der Waals surface area contributed by atoms with E-state index in [2.05, 4.69) is 19.1 Å². The monoisotopic (exact) mass is 226 g/mol. The molecule has 0 bridgehead atoms. The number of aryl methyl sites for hydroxylation is 1. The second-order valence-corrected chi connectivity index (χ2v) is 4.24. The van der Waals surface area contributed by atoms with Gasteiger partial charge in [-0.2, -0.15) is 0 Å². The van der Waals surface area contributed by atoms with Crippen molar-refractivity contribution in [2.75, 3.05) is 6.61 Å². The van der Waals surface area contributed by atoms with Gasteiger partial charge in [0.2, 0.25) is 0 Å². The normalized spacial score (nSPS) is 12.5. The van der Waals surface area contributed by atoms with Gasteiger partial charge in [-0.25, -0.2) is 0 Å². The first-order valence-electron chi connectivity index (χ1n) is 5.62. The molecule has 84 valence electrons. The second kappa shape index (κ2) is 6.73. The van der Waals surface area contributed by atoms with E-state index in [1.54, 1.807) is 0 Å². The summed E-state index contributed by atoms with van der Waals surface area (Å²) in [5.74, 6) is 0.956. The lowest BCUT2D eigenvalue weighted by molar-refractivity contribution is 0.340. The van der Waals surface area contributed by atoms with Crippen LogP contribution in [0.5, 0.6) is 5.75 Å². The molecule has 0 saturated carbocycles. The summed E-state index contributed by atoms with van der Waals surface area (Å²) in [6.07, 6.45) is 3.10. The summed E-state index contributed by atoms with van der Waals surface area (Å²) in [5.41, 5.74) is 1.31. The molecular weight excluding hydrogens is 208 g/mol. The molecule has 1 aromatic carbocycles. The highest BCUT2D eigenvalue weighted by Gasteiger charge is 2.02. The average molecular weight is 227 g/mol. The third-order valence-electron chi connectivity index (χ3n) is 2.40. The van der Waals surface area contributed by atoms with Crippen molar-refractivity contribution in [1.29, 1.82) is 0 Å². The van der Waals surface area contributed by atoms with Crippen molar-refractivity contribution in [3.05, 3.63) is 29.8 Å². The van der Waals surface area contributed by atoms with E-state index in [-0.39, 0.29) is 0 Å². The summed E-state index contributed by atoms with van der Waals surface area (Å²) in [6, 6.07) is 8.26. The summed E-state index contributed by atoms with van der Waals surface area (Å²) in [4.78, 5) is 0. The van der Waals surface area contributed by atoms with E-state index in [1.165, 1.54) is 5.56 Å². The van der Waals surface area contributed by atoms with Crippen LogP contribution in [-0.2, 0) is 6.42 Å². The van der Waals surface area contributed by atoms with Gasteiger partial charge in [0, 0.05) is 5.38 Å². The molecule has 15 heavy (non-hydrogen) atoms. The van der Waals surface area contributed by atoms with Gasteiger partial charge in [0.1, 0.15) is 5.75 Å². The Kier molecular flexibility index (Phi) is 5.56. The topological polar surface area (TPSA) is 9.23 Å². The van der Waals surface area contributed by atoms with E-state index in [9.17, 15) is 0 Å². The van der Waals surface area contributed by atoms with E-state index in [4.69, 9.17) is 16.3 Å². The molecular formula is C13H19ClO. The summed E-state index contributed by atoms with van der Waals surface area (Å²) < 4.78 is 5.45. The lowest BCUT2D eigenvalue weighted by Crippen LogP contribution is -1.99. The highest BCUT2D eigenvalue weighted by atomic mass is 35.5. The molecule has 0 saturated heterocycles. The van der Waals surface area contributed by atoms with Crippen LogP contribution in [0.1, 0.15) is 32.3 Å². The maximum atomic E-state index is 6.08. The first-order valence-corrected chi connectivity index (χ1v) is 6.05. The molecule has 1 aromatic rings. The number of benzene rings is 1. The molecule has 0 aromatic heterocycles. The Balaban J connectivity index is 2.50. The molecule has 0 aliphatic heterocycles. The average Bonchev–Trinajstić information content (AvgIpc) is 2.27. The van der Waals surface area contributed by atoms with Gasteiger partial charge in [0.15, 0.2) is 0 Å². The fourth-order valence-corrected chi connectivity index (χ4v) is 1.59. The molecule has 1 unspecified atom stereocenters. The minimum atomic E-state index is 0.292. The minimum absolute atomic E-state index is 0.292. The Morgan fingerprint density at radius 2 is 2.13 bits per heavy atom. The molecule has 0 amide bonds. The van der Waals surface area contributed by atoms with E-state index in [0.29, 0.717) is 5.38 Å². The molecule has 0 fully saturated rings. The van der Waals surface area contributed by atoms with Crippen LogP contribution in [0, 0.1) is 0 Å². The lowest BCUT2D eigenvalue weighted by atomic mass is 10.1. The van der Waals surface area contributed by atoms with Gasteiger partial charge < -0.3 is 4.74 Å². The molecule has 2 heteroatoms. The summed E-state index contributed by atoms with van der Waals surface area (Å²) in [5, 5.41) is 0.292. The SMILES string of the molecule is CCOc1cccc(CCC(Cl)CC)c1. The number of hydrogen-bond acceptors (Lipinski definition) is 1. The molecule has 1 rings (SSSR count). The van der Waals surface area contributed by atoms with E-state index < -0.39 is 0 Å². The number of ether oxygens (including phenoxy) is 1. The fraction of sp³-hybridized carbons (Fsp3) is 0.538. The zero-order valence-corrected chi connectivity index (χ0v) is 10.3. The van der Waals surface area contributed by atoms with Crippen molar-refractivity contribution < 1.29 is 4.74 Å². The molecule has 0 N–H and O–H groups in total. The summed E-state index contributed by atoms with van der Waals surface area (Å²) in [7, 11) is 0. The highest BCUT2D eigenvalue weighted by Crippen LogP contribution is 2.17. The van der Waals surface area contributed by atoms with Crippen molar-refractivity contribution in [3.8, 4) is 5.75 Å². The Bertz CT molecular complexity index is 286. The second-order valence-electron chi connectivity index (χ2n) is 3.62. The molecule has 0 radical (unpaired) electrons. The zero-order chi connectivity index (χ0) is 11.1. The molecule has 0 aliphatic rings. The fourth-order valence-electron chi connectivity index (χ4n) is 1.48. The van der Waals surface area contributed by atoms with Crippen LogP contribution in [-0.4, -0.2) is 12.0 Å². The van der Waals surface area contributed by atoms with E-state index in [1.807, 2.05) is 19.1 Å². The molecule has 1 nitrogen and oxygen atoms in total. The largest absolute Gasteiger partial charge is 0.494 e. The van der Waals surface area contributed by atoms with Gasteiger partial charge in [-0.15, -0.1) is 11.6 Å². The number of hydrogen-bond donors (Lipinski definition) is 0. The quantitative estimate of drug-likeness (QED) is 0.666. The Morgan fingerprint density at radius 3 is 2.80 bits per heavy atom. The third-order valence-corrected chi connectivity index (χ3v) is 2.93. The van der Waals surface area contributed by atoms with Crippen LogP contribution in [0.4, 0.5) is 0 Å². The molecule has 1 atom stereocenters. The molecule has 0 heterocycles. The van der Waals surface area contributed by atoms with Gasteiger partial charge in [0.25, 0.3) is 0 Å². The summed E-state index contributed by atoms with van der Waals surface area (Å²) >= 11 is 6.08. The molecule has 0 spiro atoms. The van der Waals surface area contributed by atoms with Crippen LogP contribution < -0.4 is 4.74 Å². The van der Waals surface area contributed by atoms with Crippen molar-refractivity contribution in [1.82, 2.24) is 0 Å². The van der Waals surface area contributed by atoms with Gasteiger partial charge in [0.05, 0.1) is 6.61 Å². The third kappa shape index (κ3) is 4.57. The van der Waals surface area contributed by atoms with E-state index in [0.717, 1.165) is 31.6 Å². The van der Waals surface area contributed by atoms with E-state index >= 15 is 0 Å². The van der Waals surface area contributed by atoms with Crippen molar-refractivity contribution in [2.24, 2.45) is 0 Å². The van der Waals surface area contributed by atoms with Crippen LogP contribution in [0.15, 0.2) is 24.3 Å². The Hall–Kier alpha value is -0.690. The zero-order valence-electron chi connectivity index (χ0n) is 9.50. The molecule has 0 aliphatic carbocycles. The standard InChI is InChI=1S/C13H19ClO/c1-3-12(14)9-8-11-6-5-7-13(10-11)15-4-2/h5-7,10,12H,3-4,8-9H2,1-2H3. The van der Waals surface area contributed by atoms with Gasteiger partial charge in [-0.05, 0) is 43.9 Å². The maximum Gasteiger partial charge on any atom is 0.119 e. The van der Waals surface area contributed by atoms with Crippen molar-refractivity contribution >= 4 is 11.6 Å². The van der Waals surface area contributed by atoms with Gasteiger partial charge in [-0.3, -0.25) is 0 Å². The highest BCUT2D eigenvalue weighted by molar-refractivity contribution is 6.20. The first kappa shape index (κ1) is 12.4.